The van der Waals surface area contributed by atoms with Gasteiger partial charge in [-0.2, -0.15) is 0 Å². The van der Waals surface area contributed by atoms with E-state index < -0.39 is 24.5 Å². The van der Waals surface area contributed by atoms with E-state index in [4.69, 9.17) is 8.22 Å². The van der Waals surface area contributed by atoms with Crippen LogP contribution in [0.15, 0.2) is 42.6 Å². The van der Waals surface area contributed by atoms with Crippen LogP contribution in [0.3, 0.4) is 0 Å². The molecule has 0 amide bonds. The number of hydrogen-bond acceptors (Lipinski definition) is 0. The number of pyridine rings is 1. The molecule has 1 nitrogen and oxygen atoms in total. The quantitative estimate of drug-likeness (QED) is 0.379. The molecule has 3 aromatic rings. The zero-order chi connectivity index (χ0) is 28.3. The van der Waals surface area contributed by atoms with Gasteiger partial charge in [0.15, 0.2) is 6.20 Å². The Kier molecular flexibility index (Phi) is 4.52. The first-order valence-corrected chi connectivity index (χ1v) is 10.9. The Balaban J connectivity index is 2.39. The molecule has 0 fully saturated rings. The largest absolute Gasteiger partial charge is 0.212 e. The van der Waals surface area contributed by atoms with Gasteiger partial charge in [-0.1, -0.05) is 64.4 Å². The van der Waals surface area contributed by atoms with Gasteiger partial charge in [-0.3, -0.25) is 0 Å². The first-order chi connectivity index (χ1) is 16.7. The van der Waals surface area contributed by atoms with Crippen LogP contribution in [0, 0.1) is 33.0 Å². The third-order valence-corrected chi connectivity index (χ3v) is 5.68. The van der Waals surface area contributed by atoms with E-state index in [2.05, 4.69) is 0 Å². The summed E-state index contributed by atoms with van der Waals surface area (Å²) < 4.78 is 53.4. The summed E-state index contributed by atoms with van der Waals surface area (Å²) in [6, 6.07) is 11.5. The van der Waals surface area contributed by atoms with Crippen LogP contribution in [0.4, 0.5) is 0 Å². The van der Waals surface area contributed by atoms with E-state index in [1.807, 2.05) is 89.7 Å². The second-order valence-electron chi connectivity index (χ2n) is 9.95. The zero-order valence-electron chi connectivity index (χ0n) is 26.5. The molecule has 0 saturated heterocycles. The van der Waals surface area contributed by atoms with Crippen molar-refractivity contribution in [1.82, 2.24) is 0 Å². The summed E-state index contributed by atoms with van der Waals surface area (Å²) in [6.45, 7) is 12.8. The van der Waals surface area contributed by atoms with E-state index in [0.29, 0.717) is 16.7 Å². The van der Waals surface area contributed by atoms with E-state index in [9.17, 15) is 0 Å². The Morgan fingerprint density at radius 1 is 1.03 bits per heavy atom. The van der Waals surface area contributed by atoms with Crippen molar-refractivity contribution in [1.29, 1.82) is 0 Å². The predicted molar refractivity (Wildman–Crippen MR) is 135 cm³/mol. The maximum Gasteiger partial charge on any atom is 0.212 e. The third-order valence-electron chi connectivity index (χ3n) is 5.68. The Morgan fingerprint density at radius 3 is 2.29 bits per heavy atom. The van der Waals surface area contributed by atoms with Gasteiger partial charge in [0.25, 0.3) is 0 Å². The van der Waals surface area contributed by atoms with E-state index in [1.165, 1.54) is 0 Å². The average molecular weight is 421 g/mol. The van der Waals surface area contributed by atoms with Gasteiger partial charge in [0.2, 0.25) is 5.69 Å². The van der Waals surface area contributed by atoms with Gasteiger partial charge in [0.05, 0.1) is 0 Å². The Morgan fingerprint density at radius 2 is 1.68 bits per heavy atom. The summed E-state index contributed by atoms with van der Waals surface area (Å²) in [5.74, 6) is -0.991. The van der Waals surface area contributed by atoms with Crippen LogP contribution in [0.2, 0.25) is 0 Å². The second kappa shape index (κ2) is 8.61. The van der Waals surface area contributed by atoms with Gasteiger partial charge in [0.1, 0.15) is 7.05 Å². The maximum atomic E-state index is 9.06. The molecular formula is C30H40N+. The van der Waals surface area contributed by atoms with Gasteiger partial charge in [-0.25, -0.2) is 4.57 Å². The summed E-state index contributed by atoms with van der Waals surface area (Å²) in [6.07, 6.45) is 0.190. The lowest BCUT2D eigenvalue weighted by Crippen LogP contribution is -2.33. The highest BCUT2D eigenvalue weighted by Crippen LogP contribution is 2.36. The molecule has 1 heterocycles. The summed E-state index contributed by atoms with van der Waals surface area (Å²) in [5.41, 5.74) is 6.84. The van der Waals surface area contributed by atoms with Crippen LogP contribution < -0.4 is 4.57 Å². The number of hydrogen-bond donors (Lipinski definition) is 0. The molecule has 0 unspecified atom stereocenters. The number of aryl methyl sites for hydroxylation is 4. The second-order valence-corrected chi connectivity index (χ2v) is 9.95. The summed E-state index contributed by atoms with van der Waals surface area (Å²) in [5, 5.41) is 0. The lowest BCUT2D eigenvalue weighted by molar-refractivity contribution is -0.661. The molecule has 0 aliphatic rings. The summed E-state index contributed by atoms with van der Waals surface area (Å²) in [4.78, 5) is 0. The molecule has 164 valence electrons. The van der Waals surface area contributed by atoms with Gasteiger partial charge >= 0.3 is 0 Å². The van der Waals surface area contributed by atoms with Crippen LogP contribution in [0.5, 0.6) is 0 Å². The van der Waals surface area contributed by atoms with Gasteiger partial charge in [-0.15, -0.1) is 0 Å². The molecular weight excluding hydrogens is 374 g/mol. The summed E-state index contributed by atoms with van der Waals surface area (Å²) >= 11 is 0. The highest BCUT2D eigenvalue weighted by atomic mass is 14.9. The molecule has 0 radical (unpaired) electrons. The van der Waals surface area contributed by atoms with Crippen molar-refractivity contribution in [3.05, 3.63) is 76.0 Å². The predicted octanol–water partition coefficient (Wildman–Crippen LogP) is 7.79. The molecule has 0 aliphatic carbocycles. The fourth-order valence-electron chi connectivity index (χ4n) is 4.33. The lowest BCUT2D eigenvalue weighted by atomic mass is 9.83. The molecule has 0 saturated carbocycles. The minimum Gasteiger partial charge on any atom is -0.201 e. The Bertz CT molecular complexity index is 1340. The first-order valence-electron chi connectivity index (χ1n) is 13.9. The minimum atomic E-state index is -2.25. The van der Waals surface area contributed by atoms with Crippen molar-refractivity contribution >= 4 is 0 Å². The zero-order valence-corrected chi connectivity index (χ0v) is 20.5. The molecule has 0 atom stereocenters. The smallest absolute Gasteiger partial charge is 0.201 e. The van der Waals surface area contributed by atoms with Gasteiger partial charge < -0.3 is 0 Å². The van der Waals surface area contributed by atoms with Crippen molar-refractivity contribution in [2.75, 3.05) is 0 Å². The molecule has 0 spiro atoms. The monoisotopic (exact) mass is 420 g/mol. The maximum absolute atomic E-state index is 9.06. The van der Waals surface area contributed by atoms with Crippen LogP contribution in [-0.2, 0) is 13.4 Å². The molecule has 31 heavy (non-hydrogen) atoms. The number of benzene rings is 2. The normalized spacial score (nSPS) is 16.0. The Labute approximate surface area is 198 Å². The fraction of sp³-hybridized carbons (Fsp3) is 0.433. The van der Waals surface area contributed by atoms with E-state index in [-0.39, 0.29) is 0 Å². The van der Waals surface area contributed by atoms with Crippen LogP contribution in [0.1, 0.15) is 82.1 Å². The van der Waals surface area contributed by atoms with E-state index in [1.54, 1.807) is 19.9 Å². The van der Waals surface area contributed by atoms with Crippen LogP contribution in [0.25, 0.3) is 22.4 Å². The first kappa shape index (κ1) is 16.3. The molecule has 3 rings (SSSR count). The Hall–Kier alpha value is -2.41. The highest BCUT2D eigenvalue weighted by Gasteiger charge is 2.23. The fourth-order valence-corrected chi connectivity index (χ4v) is 4.33. The number of nitrogens with zero attached hydrogens (tertiary/aromatic N) is 1. The van der Waals surface area contributed by atoms with Crippen LogP contribution >= 0.6 is 0 Å². The van der Waals surface area contributed by atoms with E-state index >= 15 is 0 Å². The lowest BCUT2D eigenvalue weighted by Gasteiger charge is -2.22. The van der Waals surface area contributed by atoms with Crippen molar-refractivity contribution in [3.8, 4) is 22.4 Å². The van der Waals surface area contributed by atoms with Crippen molar-refractivity contribution in [2.24, 2.45) is 12.5 Å². The van der Waals surface area contributed by atoms with Crippen molar-refractivity contribution in [2.45, 2.75) is 74.5 Å². The summed E-state index contributed by atoms with van der Waals surface area (Å²) in [7, 11) is 1.91. The SMILES string of the molecule is [2H]C([2H])([2H])c1cc(C)cc(C)c1-c1cccc(-c2cc(C([2H])([2H])C(C)(C)C)c(C([2H])(C)C)c[n+]2C)c1C. The minimum absolute atomic E-state index is 0.339. The molecule has 0 bridgehead atoms. The van der Waals surface area contributed by atoms with Crippen molar-refractivity contribution in [3.63, 3.8) is 0 Å². The molecule has 1 aromatic heterocycles. The topological polar surface area (TPSA) is 3.88 Å². The standard InChI is InChI=1S/C30H40N/c1-19(2)27-18-31(10)28(16-24(27)17-30(7,8)9)25-12-11-13-26(23(25)6)29-21(4)14-20(3)15-22(29)5/h11-16,18-19H,17H2,1-10H3/q+1/i4D3,17D2,19D. The van der Waals surface area contributed by atoms with Gasteiger partial charge in [0, 0.05) is 25.4 Å². The average Bonchev–Trinajstić information content (AvgIpc) is 2.71. The third kappa shape index (κ3) is 4.92. The van der Waals surface area contributed by atoms with Crippen LogP contribution in [-0.4, -0.2) is 0 Å². The molecule has 2 aromatic carbocycles. The molecule has 1 heteroatoms. The molecule has 0 aliphatic heterocycles. The van der Waals surface area contributed by atoms with E-state index in [0.717, 1.165) is 39.1 Å². The van der Waals surface area contributed by atoms with Crippen molar-refractivity contribution < 1.29 is 12.8 Å². The highest BCUT2D eigenvalue weighted by molar-refractivity contribution is 5.80. The number of aromatic nitrogens is 1. The van der Waals surface area contributed by atoms with Gasteiger partial charge in [-0.05, 0) is 84.8 Å². The number of rotatable bonds is 4. The molecule has 0 N–H and O–H groups in total.